The Morgan fingerprint density at radius 3 is 2.44 bits per heavy atom. The fraction of sp³-hybridized carbons (Fsp3) is 0.600. The van der Waals surface area contributed by atoms with Crippen molar-refractivity contribution in [2.45, 2.75) is 57.6 Å². The first-order chi connectivity index (χ1) is 8.66. The molecule has 0 bridgehead atoms. The van der Waals surface area contributed by atoms with Gasteiger partial charge in [0.15, 0.2) is 0 Å². The zero-order valence-electron chi connectivity index (χ0n) is 11.0. The molecule has 1 aromatic rings. The van der Waals surface area contributed by atoms with Gasteiger partial charge in [0.25, 0.3) is 0 Å². The lowest BCUT2D eigenvalue weighted by Crippen LogP contribution is -2.15. The molecule has 18 heavy (non-hydrogen) atoms. The van der Waals surface area contributed by atoms with Crippen molar-refractivity contribution in [1.29, 1.82) is 0 Å². The molecule has 1 fully saturated rings. The van der Waals surface area contributed by atoms with Gasteiger partial charge >= 0.3 is 0 Å². The Morgan fingerprint density at radius 2 is 1.89 bits per heavy atom. The Hall–Kier alpha value is -1.09. The molecule has 1 aromatic carbocycles. The second-order valence-corrected chi connectivity index (χ2v) is 5.20. The molecule has 0 spiro atoms. The molecule has 0 aliphatic heterocycles. The molecule has 0 radical (unpaired) electrons. The first-order valence-corrected chi connectivity index (χ1v) is 6.88. The average molecular weight is 251 g/mol. The Labute approximate surface area is 108 Å². The van der Waals surface area contributed by atoms with E-state index < -0.39 is 0 Å². The van der Waals surface area contributed by atoms with Gasteiger partial charge in [-0.3, -0.25) is 0 Å². The molecule has 100 valence electrons. The van der Waals surface area contributed by atoms with E-state index in [1.807, 2.05) is 6.07 Å². The fourth-order valence-corrected chi connectivity index (χ4v) is 2.50. The van der Waals surface area contributed by atoms with E-state index in [0.717, 1.165) is 12.8 Å². The van der Waals surface area contributed by atoms with Crippen molar-refractivity contribution in [1.82, 2.24) is 0 Å². The second kappa shape index (κ2) is 6.19. The molecule has 3 heteroatoms. The maximum atomic E-state index is 13.8. The van der Waals surface area contributed by atoms with Crippen molar-refractivity contribution in [2.24, 2.45) is 5.73 Å². The molecule has 2 rings (SSSR count). The van der Waals surface area contributed by atoms with Crippen molar-refractivity contribution in [2.75, 3.05) is 0 Å². The van der Waals surface area contributed by atoms with Gasteiger partial charge in [-0.2, -0.15) is 0 Å². The minimum atomic E-state index is -0.281. The van der Waals surface area contributed by atoms with Gasteiger partial charge in [0.2, 0.25) is 0 Å². The third-order valence-electron chi connectivity index (χ3n) is 3.57. The monoisotopic (exact) mass is 251 g/mol. The van der Waals surface area contributed by atoms with Crippen LogP contribution in [0.4, 0.5) is 4.39 Å². The number of hydrogen-bond acceptors (Lipinski definition) is 2. The molecule has 0 saturated heterocycles. The van der Waals surface area contributed by atoms with Crippen LogP contribution in [0, 0.1) is 5.82 Å². The summed E-state index contributed by atoms with van der Waals surface area (Å²) in [4.78, 5) is 0. The van der Waals surface area contributed by atoms with Gasteiger partial charge in [0.1, 0.15) is 11.6 Å². The average Bonchev–Trinajstić information content (AvgIpc) is 2.57. The lowest BCUT2D eigenvalue weighted by atomic mass is 10.1. The van der Waals surface area contributed by atoms with Crippen molar-refractivity contribution in [3.05, 3.63) is 29.6 Å². The van der Waals surface area contributed by atoms with E-state index in [1.165, 1.54) is 31.7 Å². The number of nitrogens with two attached hydrogens (primary N) is 1. The summed E-state index contributed by atoms with van der Waals surface area (Å²) in [6, 6.07) is 4.74. The number of halogens is 1. The van der Waals surface area contributed by atoms with Crippen molar-refractivity contribution in [3.8, 4) is 5.75 Å². The molecule has 1 unspecified atom stereocenters. The van der Waals surface area contributed by atoms with Crippen LogP contribution in [0.3, 0.4) is 0 Å². The third-order valence-corrected chi connectivity index (χ3v) is 3.57. The fourth-order valence-electron chi connectivity index (χ4n) is 2.50. The summed E-state index contributed by atoms with van der Waals surface area (Å²) >= 11 is 0. The topological polar surface area (TPSA) is 35.2 Å². The third kappa shape index (κ3) is 3.45. The van der Waals surface area contributed by atoms with Crippen molar-refractivity contribution < 1.29 is 9.13 Å². The summed E-state index contributed by atoms with van der Waals surface area (Å²) in [6.07, 6.45) is 7.41. The first kappa shape index (κ1) is 13.3. The minimum Gasteiger partial charge on any atom is -0.490 e. The minimum absolute atomic E-state index is 0.244. The predicted octanol–water partition coefficient (Wildman–Crippen LogP) is 3.95. The summed E-state index contributed by atoms with van der Waals surface area (Å²) in [5.41, 5.74) is 6.23. The van der Waals surface area contributed by atoms with Gasteiger partial charge in [-0.25, -0.2) is 4.39 Å². The standard InChI is InChI=1S/C15H22FNO/c1-11(17)14-9-8-13(10-15(14)16)18-12-6-4-2-3-5-7-12/h8-12H,2-7,17H2,1H3. The predicted molar refractivity (Wildman–Crippen MR) is 71.1 cm³/mol. The largest absolute Gasteiger partial charge is 0.490 e. The van der Waals surface area contributed by atoms with Crippen LogP contribution in [0.1, 0.15) is 57.1 Å². The molecule has 1 atom stereocenters. The van der Waals surface area contributed by atoms with Gasteiger partial charge in [0, 0.05) is 17.7 Å². The van der Waals surface area contributed by atoms with Gasteiger partial charge in [0.05, 0.1) is 6.10 Å². The number of benzene rings is 1. The van der Waals surface area contributed by atoms with E-state index >= 15 is 0 Å². The van der Waals surface area contributed by atoms with Crippen LogP contribution in [0.5, 0.6) is 5.75 Å². The molecule has 1 aliphatic carbocycles. The van der Waals surface area contributed by atoms with Crippen LogP contribution in [-0.2, 0) is 0 Å². The summed E-state index contributed by atoms with van der Waals surface area (Å²) < 4.78 is 19.6. The molecule has 2 N–H and O–H groups in total. The lowest BCUT2D eigenvalue weighted by molar-refractivity contribution is 0.183. The van der Waals surface area contributed by atoms with Crippen molar-refractivity contribution >= 4 is 0 Å². The Kier molecular flexibility index (Phi) is 4.59. The summed E-state index contributed by atoms with van der Waals surface area (Å²) in [6.45, 7) is 1.78. The van der Waals surface area contributed by atoms with Crippen LogP contribution >= 0.6 is 0 Å². The SMILES string of the molecule is CC(N)c1ccc(OC2CCCCCC2)cc1F. The number of ether oxygens (including phenoxy) is 1. The lowest BCUT2D eigenvalue weighted by Gasteiger charge is -2.18. The van der Waals surface area contributed by atoms with E-state index in [-0.39, 0.29) is 18.0 Å². The van der Waals surface area contributed by atoms with E-state index in [0.29, 0.717) is 11.3 Å². The maximum Gasteiger partial charge on any atom is 0.131 e. The zero-order chi connectivity index (χ0) is 13.0. The summed E-state index contributed by atoms with van der Waals surface area (Å²) in [5.74, 6) is 0.361. The molecular weight excluding hydrogens is 229 g/mol. The molecular formula is C15H22FNO. The van der Waals surface area contributed by atoms with Crippen LogP contribution in [0.15, 0.2) is 18.2 Å². The smallest absolute Gasteiger partial charge is 0.131 e. The van der Waals surface area contributed by atoms with Crippen LogP contribution in [-0.4, -0.2) is 6.10 Å². The van der Waals surface area contributed by atoms with E-state index in [2.05, 4.69) is 0 Å². The van der Waals surface area contributed by atoms with Crippen LogP contribution < -0.4 is 10.5 Å². The Bertz CT molecular complexity index is 384. The van der Waals surface area contributed by atoms with Gasteiger partial charge < -0.3 is 10.5 Å². The zero-order valence-corrected chi connectivity index (χ0v) is 11.0. The van der Waals surface area contributed by atoms with Gasteiger partial charge in [-0.05, 0) is 38.7 Å². The molecule has 2 nitrogen and oxygen atoms in total. The number of rotatable bonds is 3. The summed E-state index contributed by atoms with van der Waals surface area (Å²) in [5, 5.41) is 0. The molecule has 1 saturated carbocycles. The van der Waals surface area contributed by atoms with Gasteiger partial charge in [-0.15, -0.1) is 0 Å². The van der Waals surface area contributed by atoms with E-state index in [4.69, 9.17) is 10.5 Å². The quantitative estimate of drug-likeness (QED) is 0.826. The maximum absolute atomic E-state index is 13.8. The van der Waals surface area contributed by atoms with Crippen molar-refractivity contribution in [3.63, 3.8) is 0 Å². The first-order valence-electron chi connectivity index (χ1n) is 6.88. The highest BCUT2D eigenvalue weighted by atomic mass is 19.1. The molecule has 0 heterocycles. The molecule has 1 aliphatic rings. The normalized spacial score (nSPS) is 19.3. The van der Waals surface area contributed by atoms with E-state index in [1.54, 1.807) is 13.0 Å². The van der Waals surface area contributed by atoms with Crippen LogP contribution in [0.25, 0.3) is 0 Å². The highest BCUT2D eigenvalue weighted by Gasteiger charge is 2.15. The highest BCUT2D eigenvalue weighted by molar-refractivity contribution is 5.30. The van der Waals surface area contributed by atoms with Gasteiger partial charge in [-0.1, -0.05) is 18.9 Å². The van der Waals surface area contributed by atoms with E-state index in [9.17, 15) is 4.39 Å². The van der Waals surface area contributed by atoms with Crippen LogP contribution in [0.2, 0.25) is 0 Å². The summed E-state index contributed by atoms with van der Waals surface area (Å²) in [7, 11) is 0. The second-order valence-electron chi connectivity index (χ2n) is 5.20. The Balaban J connectivity index is 2.02. The molecule has 0 aromatic heterocycles. The number of hydrogen-bond donors (Lipinski definition) is 1. The molecule has 0 amide bonds. The Morgan fingerprint density at radius 1 is 1.22 bits per heavy atom. The highest BCUT2D eigenvalue weighted by Crippen LogP contribution is 2.25.